The Hall–Kier alpha value is -1.14. The number of hydrogen-bond acceptors (Lipinski definition) is 4. The van der Waals surface area contributed by atoms with Gasteiger partial charge in [0, 0.05) is 25.3 Å². The van der Waals surface area contributed by atoms with Gasteiger partial charge in [-0.15, -0.1) is 0 Å². The average molecular weight is 270 g/mol. The molecule has 1 amide bonds. The van der Waals surface area contributed by atoms with E-state index in [1.807, 2.05) is 4.90 Å². The van der Waals surface area contributed by atoms with Gasteiger partial charge in [-0.2, -0.15) is 0 Å². The summed E-state index contributed by atoms with van der Waals surface area (Å²) in [6.07, 6.45) is 3.71. The van der Waals surface area contributed by atoms with Crippen molar-refractivity contribution in [3.05, 3.63) is 0 Å². The Labute approximate surface area is 113 Å². The van der Waals surface area contributed by atoms with Crippen LogP contribution in [0.4, 0.5) is 0 Å². The molecule has 1 atom stereocenters. The van der Waals surface area contributed by atoms with E-state index in [1.54, 1.807) is 0 Å². The van der Waals surface area contributed by atoms with E-state index in [4.69, 9.17) is 9.84 Å². The van der Waals surface area contributed by atoms with Gasteiger partial charge in [-0.1, -0.05) is 0 Å². The van der Waals surface area contributed by atoms with Crippen LogP contribution in [-0.2, 0) is 14.3 Å². The third-order valence-corrected chi connectivity index (χ3v) is 3.84. The molecule has 1 unspecified atom stereocenters. The first kappa shape index (κ1) is 14.3. The first-order chi connectivity index (χ1) is 9.15. The second-order valence-electron chi connectivity index (χ2n) is 5.32. The number of nitrogens with one attached hydrogen (secondary N) is 1. The molecule has 2 heterocycles. The van der Waals surface area contributed by atoms with Crippen molar-refractivity contribution in [1.29, 1.82) is 0 Å². The minimum absolute atomic E-state index is 0.00388. The zero-order chi connectivity index (χ0) is 13.7. The summed E-state index contributed by atoms with van der Waals surface area (Å²) in [6, 6.07) is 0.222. The van der Waals surface area contributed by atoms with Gasteiger partial charge >= 0.3 is 5.97 Å². The number of carboxylic acids is 1. The van der Waals surface area contributed by atoms with E-state index in [9.17, 15) is 9.59 Å². The van der Waals surface area contributed by atoms with Crippen LogP contribution in [-0.4, -0.2) is 60.3 Å². The lowest BCUT2D eigenvalue weighted by Crippen LogP contribution is -2.45. The highest BCUT2D eigenvalue weighted by Crippen LogP contribution is 2.19. The summed E-state index contributed by atoms with van der Waals surface area (Å²) in [4.78, 5) is 24.7. The first-order valence-corrected chi connectivity index (χ1v) is 6.98. The number of hydrogen-bond donors (Lipinski definition) is 2. The lowest BCUT2D eigenvalue weighted by Gasteiger charge is -2.26. The molecule has 108 valence electrons. The molecule has 0 aromatic carbocycles. The fraction of sp³-hybridized carbons (Fsp3) is 0.846. The van der Waals surface area contributed by atoms with Crippen LogP contribution in [0, 0.1) is 0 Å². The van der Waals surface area contributed by atoms with Crippen molar-refractivity contribution in [3.63, 3.8) is 0 Å². The Bertz CT molecular complexity index is 329. The number of ether oxygens (including phenoxy) is 1. The van der Waals surface area contributed by atoms with E-state index < -0.39 is 5.97 Å². The zero-order valence-electron chi connectivity index (χ0n) is 11.1. The molecule has 0 aliphatic carbocycles. The molecule has 2 rings (SSSR count). The summed E-state index contributed by atoms with van der Waals surface area (Å²) < 4.78 is 5.25. The summed E-state index contributed by atoms with van der Waals surface area (Å²) in [7, 11) is 0. The van der Waals surface area contributed by atoms with E-state index in [0.717, 1.165) is 32.2 Å². The Morgan fingerprint density at radius 3 is 2.68 bits per heavy atom. The third-order valence-electron chi connectivity index (χ3n) is 3.84. The van der Waals surface area contributed by atoms with Crippen LogP contribution >= 0.6 is 0 Å². The topological polar surface area (TPSA) is 78.9 Å². The molecule has 0 aromatic heterocycles. The van der Waals surface area contributed by atoms with Gasteiger partial charge in [0.2, 0.25) is 5.91 Å². The minimum Gasteiger partial charge on any atom is -0.481 e. The standard InChI is InChI=1S/C13H22N2O4/c16-12(14-10-3-6-19-7-4-10)9-15-5-1-2-11(15)8-13(17)18/h10-11H,1-9H2,(H,14,16)(H,17,18). The lowest BCUT2D eigenvalue weighted by atomic mass is 10.1. The van der Waals surface area contributed by atoms with Crippen LogP contribution in [0.5, 0.6) is 0 Å². The molecule has 0 bridgehead atoms. The van der Waals surface area contributed by atoms with Crippen molar-refractivity contribution in [2.45, 2.75) is 44.2 Å². The van der Waals surface area contributed by atoms with Crippen LogP contribution in [0.2, 0.25) is 0 Å². The van der Waals surface area contributed by atoms with E-state index >= 15 is 0 Å². The normalized spacial score (nSPS) is 25.4. The molecule has 2 aliphatic rings. The van der Waals surface area contributed by atoms with Gasteiger partial charge in [-0.05, 0) is 32.2 Å². The average Bonchev–Trinajstić information content (AvgIpc) is 2.77. The molecule has 2 N–H and O–H groups in total. The van der Waals surface area contributed by atoms with Crippen molar-refractivity contribution in [2.75, 3.05) is 26.3 Å². The van der Waals surface area contributed by atoms with Gasteiger partial charge in [-0.25, -0.2) is 0 Å². The third kappa shape index (κ3) is 4.47. The fourth-order valence-corrected chi connectivity index (χ4v) is 2.84. The molecule has 19 heavy (non-hydrogen) atoms. The van der Waals surface area contributed by atoms with Crippen molar-refractivity contribution in [2.24, 2.45) is 0 Å². The number of nitrogens with zero attached hydrogens (tertiary/aromatic N) is 1. The molecule has 2 aliphatic heterocycles. The molecular formula is C13H22N2O4. The second kappa shape index (κ2) is 6.86. The lowest BCUT2D eigenvalue weighted by molar-refractivity contribution is -0.138. The quantitative estimate of drug-likeness (QED) is 0.747. The number of carbonyl (C=O) groups excluding carboxylic acids is 1. The highest BCUT2D eigenvalue weighted by atomic mass is 16.5. The van der Waals surface area contributed by atoms with E-state index in [0.29, 0.717) is 19.8 Å². The van der Waals surface area contributed by atoms with Gasteiger partial charge in [0.15, 0.2) is 0 Å². The number of carbonyl (C=O) groups is 2. The summed E-state index contributed by atoms with van der Waals surface area (Å²) >= 11 is 0. The summed E-state index contributed by atoms with van der Waals surface area (Å²) in [6.45, 7) is 2.54. The van der Waals surface area contributed by atoms with E-state index in [-0.39, 0.29) is 24.4 Å². The van der Waals surface area contributed by atoms with Crippen molar-refractivity contribution in [3.8, 4) is 0 Å². The highest BCUT2D eigenvalue weighted by Gasteiger charge is 2.28. The van der Waals surface area contributed by atoms with E-state index in [1.165, 1.54) is 0 Å². The van der Waals surface area contributed by atoms with Gasteiger partial charge in [-0.3, -0.25) is 14.5 Å². The van der Waals surface area contributed by atoms with Crippen LogP contribution in [0.3, 0.4) is 0 Å². The van der Waals surface area contributed by atoms with Crippen molar-refractivity contribution < 1.29 is 19.4 Å². The summed E-state index contributed by atoms with van der Waals surface area (Å²) in [5, 5.41) is 11.9. The largest absolute Gasteiger partial charge is 0.481 e. The Balaban J connectivity index is 1.75. The van der Waals surface area contributed by atoms with Gasteiger partial charge in [0.25, 0.3) is 0 Å². The summed E-state index contributed by atoms with van der Waals surface area (Å²) in [5.74, 6) is -0.786. The number of carboxylic acid groups (broad SMARTS) is 1. The van der Waals surface area contributed by atoms with Crippen LogP contribution in [0.25, 0.3) is 0 Å². The minimum atomic E-state index is -0.790. The molecule has 0 saturated carbocycles. The number of amides is 1. The molecule has 2 saturated heterocycles. The molecule has 0 radical (unpaired) electrons. The van der Waals surface area contributed by atoms with Gasteiger partial charge in [0.1, 0.15) is 0 Å². The maximum Gasteiger partial charge on any atom is 0.304 e. The molecule has 2 fully saturated rings. The molecular weight excluding hydrogens is 248 g/mol. The van der Waals surface area contributed by atoms with Crippen molar-refractivity contribution >= 4 is 11.9 Å². The Morgan fingerprint density at radius 2 is 2.00 bits per heavy atom. The zero-order valence-corrected chi connectivity index (χ0v) is 11.1. The van der Waals surface area contributed by atoms with Gasteiger partial charge in [0.05, 0.1) is 13.0 Å². The second-order valence-corrected chi connectivity index (χ2v) is 5.32. The summed E-state index contributed by atoms with van der Waals surface area (Å²) in [5.41, 5.74) is 0. The van der Waals surface area contributed by atoms with E-state index in [2.05, 4.69) is 5.32 Å². The Kier molecular flexibility index (Phi) is 5.15. The Morgan fingerprint density at radius 1 is 1.26 bits per heavy atom. The van der Waals surface area contributed by atoms with Crippen LogP contribution < -0.4 is 5.32 Å². The van der Waals surface area contributed by atoms with Crippen LogP contribution in [0.15, 0.2) is 0 Å². The van der Waals surface area contributed by atoms with Crippen LogP contribution in [0.1, 0.15) is 32.1 Å². The number of likely N-dealkylation sites (tertiary alicyclic amines) is 1. The smallest absolute Gasteiger partial charge is 0.304 e. The predicted octanol–water partition coefficient (Wildman–Crippen LogP) is 0.221. The molecule has 6 nitrogen and oxygen atoms in total. The molecule has 0 aromatic rings. The van der Waals surface area contributed by atoms with Crippen molar-refractivity contribution in [1.82, 2.24) is 10.2 Å². The maximum atomic E-state index is 12.0. The SMILES string of the molecule is O=C(O)CC1CCCN1CC(=O)NC1CCOCC1. The highest BCUT2D eigenvalue weighted by molar-refractivity contribution is 5.78. The fourth-order valence-electron chi connectivity index (χ4n) is 2.84. The molecule has 6 heteroatoms. The monoisotopic (exact) mass is 270 g/mol. The van der Waals surface area contributed by atoms with Gasteiger partial charge < -0.3 is 15.2 Å². The maximum absolute atomic E-state index is 12.0. The predicted molar refractivity (Wildman–Crippen MR) is 68.8 cm³/mol. The molecule has 0 spiro atoms. The number of aliphatic carboxylic acids is 1. The number of rotatable bonds is 5. The first-order valence-electron chi connectivity index (χ1n) is 6.98.